The van der Waals surface area contributed by atoms with Crippen LogP contribution in [0.15, 0.2) is 36.8 Å². The number of anilines is 1. The molecule has 156 valence electrons. The second-order valence-corrected chi connectivity index (χ2v) is 8.10. The molecule has 1 aromatic carbocycles. The molecule has 1 saturated carbocycles. The molecule has 0 aliphatic heterocycles. The number of nitrogens with one attached hydrogen (secondary N) is 4. The maximum atomic E-state index is 13.0. The van der Waals surface area contributed by atoms with Crippen LogP contribution in [0, 0.1) is 0 Å². The molecule has 0 saturated heterocycles. The summed E-state index contributed by atoms with van der Waals surface area (Å²) in [4.78, 5) is 28.7. The fourth-order valence-corrected chi connectivity index (χ4v) is 3.80. The van der Waals surface area contributed by atoms with E-state index in [0.29, 0.717) is 5.56 Å². The molecule has 2 heterocycles. The van der Waals surface area contributed by atoms with Crippen LogP contribution in [0.1, 0.15) is 44.0 Å². The number of aromatic nitrogens is 3. The topological polar surface area (TPSA) is 112 Å². The van der Waals surface area contributed by atoms with E-state index in [2.05, 4.69) is 31.1 Å². The van der Waals surface area contributed by atoms with Gasteiger partial charge in [0, 0.05) is 48.4 Å². The Morgan fingerprint density at radius 3 is 2.53 bits per heavy atom. The summed E-state index contributed by atoms with van der Waals surface area (Å²) in [7, 11) is 0. The third kappa shape index (κ3) is 4.12. The van der Waals surface area contributed by atoms with E-state index in [1.54, 1.807) is 12.4 Å². The van der Waals surface area contributed by atoms with E-state index in [-0.39, 0.29) is 29.9 Å². The summed E-state index contributed by atoms with van der Waals surface area (Å²) >= 11 is 0. The highest BCUT2D eigenvalue weighted by Gasteiger charge is 2.31. The number of nitrogens with zero attached hydrogens (tertiary/aromatic N) is 2. The number of amides is 2. The average Bonchev–Trinajstić information content (AvgIpc) is 3.20. The Morgan fingerprint density at radius 1 is 1.10 bits per heavy atom. The van der Waals surface area contributed by atoms with Gasteiger partial charge in [0.15, 0.2) is 0 Å². The van der Waals surface area contributed by atoms with Gasteiger partial charge in [0.25, 0.3) is 5.91 Å². The lowest BCUT2D eigenvalue weighted by Crippen LogP contribution is -2.53. The highest BCUT2D eigenvalue weighted by molar-refractivity contribution is 6.08. The lowest BCUT2D eigenvalue weighted by molar-refractivity contribution is -0.120. The fraction of sp³-hybridized carbons (Fsp3) is 0.364. The first-order valence-electron chi connectivity index (χ1n) is 10.2. The maximum Gasteiger partial charge on any atom is 0.255 e. The molecule has 0 bridgehead atoms. The summed E-state index contributed by atoms with van der Waals surface area (Å²) in [5, 5.41) is 17.1. The zero-order valence-corrected chi connectivity index (χ0v) is 17.3. The Kier molecular flexibility index (Phi) is 5.39. The van der Waals surface area contributed by atoms with Crippen molar-refractivity contribution in [2.75, 3.05) is 5.32 Å². The van der Waals surface area contributed by atoms with Crippen LogP contribution in [-0.2, 0) is 4.79 Å². The smallest absolute Gasteiger partial charge is 0.255 e. The SMILES string of the molecule is CC(=O)N[C@H]1C[C@H](NC(=O)c2cnc3ccc(-c4cn[nH]c4)cc3c2NC(C)C)C1. The number of benzene rings is 1. The first-order valence-corrected chi connectivity index (χ1v) is 10.2. The van der Waals surface area contributed by atoms with E-state index in [9.17, 15) is 9.59 Å². The molecule has 4 rings (SSSR count). The highest BCUT2D eigenvalue weighted by atomic mass is 16.2. The number of H-pyrrole nitrogens is 1. The molecule has 3 aromatic rings. The third-order valence-corrected chi connectivity index (χ3v) is 5.26. The fourth-order valence-electron chi connectivity index (χ4n) is 3.80. The molecule has 4 N–H and O–H groups in total. The van der Waals surface area contributed by atoms with Gasteiger partial charge in [0.1, 0.15) is 0 Å². The number of rotatable bonds is 6. The van der Waals surface area contributed by atoms with Crippen LogP contribution in [-0.4, -0.2) is 45.1 Å². The quantitative estimate of drug-likeness (QED) is 0.503. The summed E-state index contributed by atoms with van der Waals surface area (Å²) in [6.07, 6.45) is 6.71. The summed E-state index contributed by atoms with van der Waals surface area (Å²) in [6, 6.07) is 6.31. The van der Waals surface area contributed by atoms with Gasteiger partial charge in [-0.25, -0.2) is 0 Å². The molecule has 2 aromatic heterocycles. The van der Waals surface area contributed by atoms with Crippen molar-refractivity contribution in [3.63, 3.8) is 0 Å². The van der Waals surface area contributed by atoms with Crippen LogP contribution >= 0.6 is 0 Å². The van der Waals surface area contributed by atoms with Crippen LogP contribution in [0.2, 0.25) is 0 Å². The normalized spacial score (nSPS) is 18.1. The van der Waals surface area contributed by atoms with Crippen molar-refractivity contribution in [3.05, 3.63) is 42.4 Å². The minimum Gasteiger partial charge on any atom is -0.382 e. The van der Waals surface area contributed by atoms with Gasteiger partial charge in [0.05, 0.1) is 23.0 Å². The van der Waals surface area contributed by atoms with Crippen molar-refractivity contribution < 1.29 is 9.59 Å². The Hall–Kier alpha value is -3.42. The van der Waals surface area contributed by atoms with Gasteiger partial charge in [-0.05, 0) is 44.4 Å². The lowest BCUT2D eigenvalue weighted by Gasteiger charge is -2.36. The van der Waals surface area contributed by atoms with Crippen molar-refractivity contribution in [1.82, 2.24) is 25.8 Å². The lowest BCUT2D eigenvalue weighted by atomic mass is 9.86. The summed E-state index contributed by atoms with van der Waals surface area (Å²) in [5.74, 6) is -0.201. The van der Waals surface area contributed by atoms with E-state index >= 15 is 0 Å². The second kappa shape index (κ2) is 8.14. The molecule has 2 amide bonds. The van der Waals surface area contributed by atoms with Crippen LogP contribution in [0.25, 0.3) is 22.0 Å². The molecule has 30 heavy (non-hydrogen) atoms. The number of hydrogen-bond acceptors (Lipinski definition) is 5. The van der Waals surface area contributed by atoms with Gasteiger partial charge in [-0.15, -0.1) is 0 Å². The summed E-state index contributed by atoms with van der Waals surface area (Å²) in [6.45, 7) is 5.59. The number of carbonyl (C=O) groups excluding carboxylic acids is 2. The second-order valence-electron chi connectivity index (χ2n) is 8.10. The maximum absolute atomic E-state index is 13.0. The molecule has 1 fully saturated rings. The standard InChI is InChI=1S/C22H26N6O2/c1-12(2)26-21-18-6-14(15-9-24-25-10-15)4-5-20(18)23-11-19(21)22(30)28-17-7-16(8-17)27-13(3)29/h4-6,9-12,16-17H,7-8H2,1-3H3,(H,23,26)(H,24,25)(H,27,29)(H,28,30)/t16-,17-. The predicted octanol–water partition coefficient (Wildman–Crippen LogP) is 2.84. The van der Waals surface area contributed by atoms with E-state index < -0.39 is 0 Å². The van der Waals surface area contributed by atoms with Gasteiger partial charge in [-0.2, -0.15) is 5.10 Å². The first-order chi connectivity index (χ1) is 14.4. The van der Waals surface area contributed by atoms with Gasteiger partial charge < -0.3 is 16.0 Å². The van der Waals surface area contributed by atoms with E-state index in [0.717, 1.165) is 40.6 Å². The zero-order valence-electron chi connectivity index (χ0n) is 17.3. The molecule has 0 radical (unpaired) electrons. The van der Waals surface area contributed by atoms with E-state index in [4.69, 9.17) is 0 Å². The van der Waals surface area contributed by atoms with Crippen LogP contribution in [0.5, 0.6) is 0 Å². The Morgan fingerprint density at radius 2 is 1.87 bits per heavy atom. The minimum absolute atomic E-state index is 0.0413. The number of carbonyl (C=O) groups is 2. The highest BCUT2D eigenvalue weighted by Crippen LogP contribution is 2.31. The molecular weight excluding hydrogens is 380 g/mol. The van der Waals surface area contributed by atoms with Gasteiger partial charge in [0.2, 0.25) is 5.91 Å². The molecule has 8 nitrogen and oxygen atoms in total. The zero-order chi connectivity index (χ0) is 21.3. The predicted molar refractivity (Wildman–Crippen MR) is 116 cm³/mol. The molecule has 1 aliphatic rings. The number of hydrogen-bond donors (Lipinski definition) is 4. The van der Waals surface area contributed by atoms with Crippen molar-refractivity contribution in [2.24, 2.45) is 0 Å². The molecule has 1 aliphatic carbocycles. The summed E-state index contributed by atoms with van der Waals surface area (Å²) in [5.41, 5.74) is 4.08. The number of aromatic amines is 1. The van der Waals surface area contributed by atoms with E-state index in [1.807, 2.05) is 38.2 Å². The third-order valence-electron chi connectivity index (χ3n) is 5.26. The van der Waals surface area contributed by atoms with Crippen LogP contribution < -0.4 is 16.0 Å². The molecule has 0 unspecified atom stereocenters. The molecule has 8 heteroatoms. The first kappa shape index (κ1) is 19.9. The summed E-state index contributed by atoms with van der Waals surface area (Å²) < 4.78 is 0. The Bertz CT molecular complexity index is 1070. The monoisotopic (exact) mass is 406 g/mol. The minimum atomic E-state index is -0.160. The largest absolute Gasteiger partial charge is 0.382 e. The van der Waals surface area contributed by atoms with Crippen molar-refractivity contribution >= 4 is 28.4 Å². The van der Waals surface area contributed by atoms with E-state index in [1.165, 1.54) is 6.92 Å². The average molecular weight is 406 g/mol. The van der Waals surface area contributed by atoms with Crippen molar-refractivity contribution in [1.29, 1.82) is 0 Å². The van der Waals surface area contributed by atoms with Gasteiger partial charge in [-0.1, -0.05) is 6.07 Å². The van der Waals surface area contributed by atoms with Crippen LogP contribution in [0.3, 0.4) is 0 Å². The molecular formula is C22H26N6O2. The van der Waals surface area contributed by atoms with Crippen molar-refractivity contribution in [2.45, 2.75) is 51.7 Å². The Labute approximate surface area is 174 Å². The molecule has 0 atom stereocenters. The van der Waals surface area contributed by atoms with Gasteiger partial charge >= 0.3 is 0 Å². The molecule has 0 spiro atoms. The van der Waals surface area contributed by atoms with Gasteiger partial charge in [-0.3, -0.25) is 19.7 Å². The number of pyridine rings is 1. The van der Waals surface area contributed by atoms with Crippen molar-refractivity contribution in [3.8, 4) is 11.1 Å². The number of fused-ring (bicyclic) bond motifs is 1. The Balaban J connectivity index is 1.63. The van der Waals surface area contributed by atoms with Crippen LogP contribution in [0.4, 0.5) is 5.69 Å².